The summed E-state index contributed by atoms with van der Waals surface area (Å²) in [6.07, 6.45) is 3.22. The van der Waals surface area contributed by atoms with Crippen LogP contribution in [-0.2, 0) is 10.5 Å². The molecule has 0 aromatic heterocycles. The molecule has 0 radical (unpaired) electrons. The van der Waals surface area contributed by atoms with Gasteiger partial charge in [0.2, 0.25) is 0 Å². The Kier molecular flexibility index (Phi) is 7.28. The third kappa shape index (κ3) is 5.04. The van der Waals surface area contributed by atoms with E-state index in [1.165, 1.54) is 12.8 Å². The number of anilines is 2. The van der Waals surface area contributed by atoms with Gasteiger partial charge < -0.3 is 20.6 Å². The summed E-state index contributed by atoms with van der Waals surface area (Å²) < 4.78 is 0.680. The highest BCUT2D eigenvalue weighted by Crippen LogP contribution is 2.41. The minimum Gasteiger partial charge on any atom is -0.359 e. The van der Waals surface area contributed by atoms with Gasteiger partial charge in [0.15, 0.2) is 0 Å². The molecule has 2 heterocycles. The third-order valence-electron chi connectivity index (χ3n) is 6.20. The molecule has 0 unspecified atom stereocenters. The Balaban J connectivity index is 1.57. The van der Waals surface area contributed by atoms with Crippen LogP contribution in [0.4, 0.5) is 16.2 Å². The van der Waals surface area contributed by atoms with Crippen LogP contribution in [0.15, 0.2) is 46.9 Å². The molecule has 1 saturated heterocycles. The van der Waals surface area contributed by atoms with E-state index in [0.29, 0.717) is 33.3 Å². The van der Waals surface area contributed by atoms with Crippen molar-refractivity contribution in [1.82, 2.24) is 10.2 Å². The van der Waals surface area contributed by atoms with Crippen LogP contribution in [0.3, 0.4) is 0 Å². The van der Waals surface area contributed by atoms with E-state index in [9.17, 15) is 14.7 Å². The number of aliphatic hydroxyl groups is 1. The van der Waals surface area contributed by atoms with E-state index in [-0.39, 0.29) is 5.56 Å². The molecule has 176 valence electrons. The molecule has 2 aliphatic heterocycles. The number of fused-ring (bicyclic) bond motifs is 1. The van der Waals surface area contributed by atoms with Gasteiger partial charge in [-0.15, -0.1) is 0 Å². The van der Waals surface area contributed by atoms with Crippen molar-refractivity contribution in [1.29, 1.82) is 0 Å². The number of urea groups is 1. The number of halogens is 2. The van der Waals surface area contributed by atoms with Gasteiger partial charge in [0.1, 0.15) is 0 Å². The summed E-state index contributed by atoms with van der Waals surface area (Å²) in [5.74, 6) is 0.0383. The van der Waals surface area contributed by atoms with Crippen molar-refractivity contribution in [3.8, 4) is 0 Å². The molecule has 2 aromatic rings. The van der Waals surface area contributed by atoms with Crippen LogP contribution in [0, 0.1) is 5.92 Å². The molecule has 0 aliphatic carbocycles. The zero-order valence-corrected chi connectivity index (χ0v) is 20.8. The molecule has 2 atom stereocenters. The first-order valence-electron chi connectivity index (χ1n) is 11.2. The van der Waals surface area contributed by atoms with Gasteiger partial charge in [-0.3, -0.25) is 9.69 Å². The van der Waals surface area contributed by atoms with Crippen molar-refractivity contribution in [3.05, 3.63) is 57.5 Å². The van der Waals surface area contributed by atoms with E-state index in [2.05, 4.69) is 38.4 Å². The van der Waals surface area contributed by atoms with Crippen molar-refractivity contribution in [2.24, 2.45) is 5.92 Å². The maximum atomic E-state index is 13.5. The maximum Gasteiger partial charge on any atom is 0.329 e. The fourth-order valence-electron chi connectivity index (χ4n) is 4.59. The number of benzene rings is 2. The van der Waals surface area contributed by atoms with Crippen LogP contribution >= 0.6 is 27.5 Å². The summed E-state index contributed by atoms with van der Waals surface area (Å²) >= 11 is 9.42. The van der Waals surface area contributed by atoms with E-state index in [1.807, 2.05) is 0 Å². The molecule has 2 aromatic carbocycles. The monoisotopic (exact) mass is 534 g/mol. The predicted molar refractivity (Wildman–Crippen MR) is 133 cm³/mol. The number of hydrogen-bond acceptors (Lipinski definition) is 4. The fourth-order valence-corrected chi connectivity index (χ4v) is 5.08. The molecule has 33 heavy (non-hydrogen) atoms. The highest BCUT2D eigenvalue weighted by molar-refractivity contribution is 9.10. The largest absolute Gasteiger partial charge is 0.359 e. The Morgan fingerprint density at radius 3 is 2.79 bits per heavy atom. The van der Waals surface area contributed by atoms with Crippen LogP contribution < -0.4 is 15.5 Å². The summed E-state index contributed by atoms with van der Waals surface area (Å²) in [4.78, 5) is 30.0. The lowest BCUT2D eigenvalue weighted by atomic mass is 9.94. The van der Waals surface area contributed by atoms with Gasteiger partial charge in [-0.05, 0) is 80.7 Å². The van der Waals surface area contributed by atoms with Crippen molar-refractivity contribution in [2.45, 2.75) is 31.9 Å². The van der Waals surface area contributed by atoms with Crippen molar-refractivity contribution >= 4 is 50.8 Å². The molecule has 9 heteroatoms. The van der Waals surface area contributed by atoms with Gasteiger partial charge in [-0.25, -0.2) is 4.79 Å². The molecule has 4 rings (SSSR count). The van der Waals surface area contributed by atoms with Crippen molar-refractivity contribution in [2.75, 3.05) is 36.4 Å². The highest BCUT2D eigenvalue weighted by atomic mass is 79.9. The van der Waals surface area contributed by atoms with Gasteiger partial charge >= 0.3 is 6.03 Å². The number of amides is 3. The average molecular weight is 536 g/mol. The molecule has 7 nitrogen and oxygen atoms in total. The van der Waals surface area contributed by atoms with Crippen molar-refractivity contribution in [3.63, 3.8) is 0 Å². The molecule has 3 N–H and O–H groups in total. The minimum absolute atomic E-state index is 0.286. The van der Waals surface area contributed by atoms with Crippen LogP contribution in [-0.4, -0.2) is 48.1 Å². The number of hydrogen-bond donors (Lipinski definition) is 3. The van der Waals surface area contributed by atoms with Crippen LogP contribution in [0.1, 0.15) is 31.7 Å². The van der Waals surface area contributed by atoms with E-state index < -0.39 is 17.7 Å². The van der Waals surface area contributed by atoms with Gasteiger partial charge in [-0.2, -0.15) is 0 Å². The second kappa shape index (κ2) is 10.0. The number of nitrogens with zero attached hydrogens (tertiary/aromatic N) is 2. The quantitative estimate of drug-likeness (QED) is 0.474. The Bertz CT molecular complexity index is 1030. The molecule has 0 bridgehead atoms. The normalized spacial score (nSPS) is 23.1. The first-order chi connectivity index (χ1) is 15.8. The first-order valence-corrected chi connectivity index (χ1v) is 12.4. The third-order valence-corrected chi connectivity index (χ3v) is 6.95. The van der Waals surface area contributed by atoms with Gasteiger partial charge in [-0.1, -0.05) is 34.5 Å². The number of piperidine rings is 1. The lowest BCUT2D eigenvalue weighted by Gasteiger charge is -2.42. The van der Waals surface area contributed by atoms with E-state index in [1.54, 1.807) is 42.5 Å². The van der Waals surface area contributed by atoms with Gasteiger partial charge in [0.05, 0.1) is 5.69 Å². The number of nitrogens with one attached hydrogen (secondary N) is 2. The summed E-state index contributed by atoms with van der Waals surface area (Å²) in [5, 5.41) is 17.9. The number of rotatable bonds is 6. The minimum atomic E-state index is -2.23. The molecular weight excluding hydrogens is 508 g/mol. The Morgan fingerprint density at radius 1 is 1.30 bits per heavy atom. The second-order valence-corrected chi connectivity index (χ2v) is 10.1. The Labute approximate surface area is 207 Å². The molecule has 0 spiro atoms. The molecular formula is C24H28BrClN4O3. The summed E-state index contributed by atoms with van der Waals surface area (Å²) in [7, 11) is 0. The Morgan fingerprint density at radius 2 is 2.06 bits per heavy atom. The predicted octanol–water partition coefficient (Wildman–Crippen LogP) is 4.54. The molecule has 2 aliphatic rings. The van der Waals surface area contributed by atoms with Crippen molar-refractivity contribution < 1.29 is 14.7 Å². The summed E-state index contributed by atoms with van der Waals surface area (Å²) in [5.41, 5.74) is -1.21. The number of likely N-dealkylation sites (tertiary alicyclic amines) is 1. The van der Waals surface area contributed by atoms with E-state index >= 15 is 0 Å². The first kappa shape index (κ1) is 24.0. The van der Waals surface area contributed by atoms with Gasteiger partial charge in [0.25, 0.3) is 11.6 Å². The standard InChI is InChI=1S/C24H28BrClN4O3/c1-16-4-2-12-29(15-16)13-3-11-27-22(31)24(33)20-14-17(25)5-10-21(20)28-23(32)30(24)19-8-6-18(26)7-9-19/h5-10,14,16,33H,2-4,11-13,15H2,1H3,(H,27,31)(H,28,32)/t16-,24-/m1/s1. The SMILES string of the molecule is C[C@@H]1CCCN(CCCNC(=O)[C@]2(O)c3cc(Br)ccc3NC(=O)N2c2ccc(Cl)cc2)C1. The highest BCUT2D eigenvalue weighted by Gasteiger charge is 2.52. The number of carbonyl (C=O) groups excluding carboxylic acids is 2. The van der Waals surface area contributed by atoms with E-state index in [4.69, 9.17) is 11.6 Å². The van der Waals surface area contributed by atoms with Gasteiger partial charge in [0, 0.05) is 33.8 Å². The van der Waals surface area contributed by atoms with Crippen LogP contribution in [0.25, 0.3) is 0 Å². The zero-order chi connectivity index (χ0) is 23.6. The summed E-state index contributed by atoms with van der Waals surface area (Å²) in [6.45, 7) is 5.69. The number of carbonyl (C=O) groups is 2. The fraction of sp³-hybridized carbons (Fsp3) is 0.417. The molecule has 1 fully saturated rings. The molecule has 0 saturated carbocycles. The second-order valence-electron chi connectivity index (χ2n) is 8.76. The lowest BCUT2D eigenvalue weighted by Crippen LogP contribution is -2.62. The average Bonchev–Trinajstić information content (AvgIpc) is 2.78. The van der Waals surface area contributed by atoms with Crippen LogP contribution in [0.5, 0.6) is 0 Å². The summed E-state index contributed by atoms with van der Waals surface area (Å²) in [6, 6.07) is 10.9. The maximum absolute atomic E-state index is 13.5. The van der Waals surface area contributed by atoms with Crippen LogP contribution in [0.2, 0.25) is 5.02 Å². The zero-order valence-electron chi connectivity index (χ0n) is 18.5. The van der Waals surface area contributed by atoms with E-state index in [0.717, 1.165) is 31.0 Å². The topological polar surface area (TPSA) is 84.9 Å². The lowest BCUT2D eigenvalue weighted by molar-refractivity contribution is -0.140. The molecule has 3 amide bonds. The smallest absolute Gasteiger partial charge is 0.329 e. The Hall–Kier alpha value is -2.13.